The van der Waals surface area contributed by atoms with E-state index in [0.29, 0.717) is 0 Å². The number of halogens is 1. The molecule has 3 rings (SSSR count). The van der Waals surface area contributed by atoms with Crippen molar-refractivity contribution in [2.75, 3.05) is 14.2 Å². The third-order valence-corrected chi connectivity index (χ3v) is 4.64. The molecule has 0 aliphatic carbocycles. The van der Waals surface area contributed by atoms with Crippen LogP contribution in [0.5, 0.6) is 0 Å². The van der Waals surface area contributed by atoms with E-state index < -0.39 is 11.7 Å². The van der Waals surface area contributed by atoms with Crippen molar-refractivity contribution in [3.05, 3.63) is 47.3 Å². The lowest BCUT2D eigenvalue weighted by Crippen LogP contribution is -2.26. The Hall–Kier alpha value is -1.98. The van der Waals surface area contributed by atoms with E-state index in [1.807, 2.05) is 19.1 Å². The summed E-state index contributed by atoms with van der Waals surface area (Å²) in [6.07, 6.45) is 0. The molecular weight excluding hydrogens is 289 g/mol. The average molecular weight is 303 g/mol. The summed E-state index contributed by atoms with van der Waals surface area (Å²) < 4.78 is 16.1. The number of nitrogens with zero attached hydrogens (tertiary/aromatic N) is 1. The minimum absolute atomic E-state index is 0.0213. The maximum absolute atomic E-state index is 14.2. The lowest BCUT2D eigenvalue weighted by atomic mass is 10.1. The fourth-order valence-electron chi connectivity index (χ4n) is 2.33. The van der Waals surface area contributed by atoms with Gasteiger partial charge >= 0.3 is 0 Å². The first-order chi connectivity index (χ1) is 10.0. The van der Waals surface area contributed by atoms with Crippen molar-refractivity contribution < 1.29 is 14.0 Å². The fourth-order valence-corrected chi connectivity index (χ4v) is 3.42. The van der Waals surface area contributed by atoms with Crippen molar-refractivity contribution in [1.82, 2.24) is 5.06 Å². The zero-order valence-corrected chi connectivity index (χ0v) is 12.8. The maximum atomic E-state index is 14.2. The van der Waals surface area contributed by atoms with Gasteiger partial charge in [-0.25, -0.2) is 9.45 Å². The third-order valence-electron chi connectivity index (χ3n) is 3.50. The van der Waals surface area contributed by atoms with E-state index in [1.165, 1.54) is 31.6 Å². The monoisotopic (exact) mass is 303 g/mol. The number of hydrogen-bond acceptors (Lipinski definition) is 3. The lowest BCUT2D eigenvalue weighted by Gasteiger charge is -2.14. The molecule has 1 aromatic heterocycles. The summed E-state index contributed by atoms with van der Waals surface area (Å²) in [5.41, 5.74) is 1.15. The Morgan fingerprint density at radius 2 is 1.90 bits per heavy atom. The molecule has 0 spiro atoms. The van der Waals surface area contributed by atoms with Crippen molar-refractivity contribution in [2.24, 2.45) is 0 Å². The largest absolute Gasteiger partial charge is 0.280 e. The fraction of sp³-hybridized carbons (Fsp3) is 0.188. The van der Waals surface area contributed by atoms with Gasteiger partial charge in [-0.05, 0) is 31.2 Å². The van der Waals surface area contributed by atoms with Gasteiger partial charge in [0, 0.05) is 27.2 Å². The highest BCUT2D eigenvalue weighted by atomic mass is 32.1. The van der Waals surface area contributed by atoms with Crippen LogP contribution in [-0.2, 0) is 4.84 Å². The molecule has 0 fully saturated rings. The molecule has 0 radical (unpaired) electrons. The Kier molecular flexibility index (Phi) is 3.39. The number of carbonyl (C=O) groups is 1. The third kappa shape index (κ3) is 2.28. The van der Waals surface area contributed by atoms with E-state index in [-0.39, 0.29) is 5.56 Å². The summed E-state index contributed by atoms with van der Waals surface area (Å²) >= 11 is 1.52. The van der Waals surface area contributed by atoms with Crippen LogP contribution in [0.2, 0.25) is 0 Å². The van der Waals surface area contributed by atoms with Gasteiger partial charge in [0.25, 0.3) is 5.91 Å². The quantitative estimate of drug-likeness (QED) is 0.666. The minimum Gasteiger partial charge on any atom is -0.274 e. The summed E-state index contributed by atoms with van der Waals surface area (Å²) in [7, 11) is 2.83. The summed E-state index contributed by atoms with van der Waals surface area (Å²) in [5, 5.41) is 2.96. The first kappa shape index (κ1) is 14.0. The topological polar surface area (TPSA) is 29.5 Å². The summed E-state index contributed by atoms with van der Waals surface area (Å²) in [6, 6.07) is 9.14. The lowest BCUT2D eigenvalue weighted by molar-refractivity contribution is -0.0759. The number of aryl methyl sites for hydroxylation is 1. The molecule has 3 nitrogen and oxygen atoms in total. The molecule has 0 aliphatic heterocycles. The zero-order chi connectivity index (χ0) is 15.1. The Bertz CT molecular complexity index is 856. The highest BCUT2D eigenvalue weighted by Gasteiger charge is 2.19. The molecule has 0 saturated heterocycles. The summed E-state index contributed by atoms with van der Waals surface area (Å²) in [5.74, 6) is -1.02. The van der Waals surface area contributed by atoms with Crippen molar-refractivity contribution in [3.8, 4) is 0 Å². The molecule has 3 aromatic rings. The second kappa shape index (κ2) is 5.09. The molecule has 0 atom stereocenters. The van der Waals surface area contributed by atoms with Crippen LogP contribution in [0.15, 0.2) is 30.3 Å². The highest BCUT2D eigenvalue weighted by molar-refractivity contribution is 7.25. The zero-order valence-electron chi connectivity index (χ0n) is 11.9. The van der Waals surface area contributed by atoms with Crippen LogP contribution in [0.4, 0.5) is 4.39 Å². The second-order valence-corrected chi connectivity index (χ2v) is 6.00. The number of rotatable bonds is 2. The van der Waals surface area contributed by atoms with Crippen LogP contribution in [0.1, 0.15) is 15.9 Å². The van der Waals surface area contributed by atoms with Gasteiger partial charge in [-0.1, -0.05) is 11.6 Å². The normalized spacial score (nSPS) is 11.2. The van der Waals surface area contributed by atoms with Gasteiger partial charge < -0.3 is 0 Å². The molecule has 108 valence electrons. The molecule has 5 heteroatoms. The first-order valence-electron chi connectivity index (χ1n) is 6.46. The minimum atomic E-state index is -0.528. The van der Waals surface area contributed by atoms with Gasteiger partial charge in [-0.15, -0.1) is 11.3 Å². The van der Waals surface area contributed by atoms with E-state index in [2.05, 4.69) is 6.07 Å². The van der Waals surface area contributed by atoms with Gasteiger partial charge in [0.05, 0.1) is 12.7 Å². The van der Waals surface area contributed by atoms with E-state index in [9.17, 15) is 9.18 Å². The average Bonchev–Trinajstić information content (AvgIpc) is 2.81. The van der Waals surface area contributed by atoms with Crippen molar-refractivity contribution in [2.45, 2.75) is 6.92 Å². The standard InChI is InChI=1S/C16H14FNO2S/c1-9-4-5-14-10(6-9)11-7-12(16(19)18(2)20-3)13(17)8-15(11)21-14/h4-8H,1-3H3. The maximum Gasteiger partial charge on any atom is 0.280 e. The molecule has 0 aliphatic rings. The van der Waals surface area contributed by atoms with E-state index in [1.54, 1.807) is 6.07 Å². The number of fused-ring (bicyclic) bond motifs is 3. The number of carbonyl (C=O) groups excluding carboxylic acids is 1. The Balaban J connectivity index is 2.28. The Labute approximate surface area is 125 Å². The van der Waals surface area contributed by atoms with Crippen LogP contribution in [-0.4, -0.2) is 25.1 Å². The highest BCUT2D eigenvalue weighted by Crippen LogP contribution is 2.35. The molecule has 0 unspecified atom stereocenters. The van der Waals surface area contributed by atoms with Crippen LogP contribution in [0.25, 0.3) is 20.2 Å². The van der Waals surface area contributed by atoms with Gasteiger partial charge in [-0.3, -0.25) is 9.63 Å². The number of amides is 1. The molecule has 1 amide bonds. The van der Waals surface area contributed by atoms with Crippen LogP contribution in [0.3, 0.4) is 0 Å². The molecule has 0 saturated carbocycles. The Morgan fingerprint density at radius 3 is 2.62 bits per heavy atom. The molecule has 0 bridgehead atoms. The van der Waals surface area contributed by atoms with Gasteiger partial charge in [-0.2, -0.15) is 0 Å². The second-order valence-electron chi connectivity index (χ2n) is 4.92. The van der Waals surface area contributed by atoms with Crippen molar-refractivity contribution in [3.63, 3.8) is 0 Å². The molecule has 1 heterocycles. The predicted octanol–water partition coefficient (Wildman–Crippen LogP) is 4.14. The van der Waals surface area contributed by atoms with E-state index in [4.69, 9.17) is 4.84 Å². The molecule has 2 aromatic carbocycles. The summed E-state index contributed by atoms with van der Waals surface area (Å²) in [6.45, 7) is 2.01. The molecule has 0 N–H and O–H groups in total. The van der Waals surface area contributed by atoms with E-state index in [0.717, 1.165) is 30.8 Å². The Morgan fingerprint density at radius 1 is 1.19 bits per heavy atom. The number of benzene rings is 2. The van der Waals surface area contributed by atoms with Gasteiger partial charge in [0.2, 0.25) is 0 Å². The molecule has 21 heavy (non-hydrogen) atoms. The predicted molar refractivity (Wildman–Crippen MR) is 83.1 cm³/mol. The SMILES string of the molecule is CON(C)C(=O)c1cc2c(cc1F)sc1ccc(C)cc12. The van der Waals surface area contributed by atoms with Crippen molar-refractivity contribution in [1.29, 1.82) is 0 Å². The van der Waals surface area contributed by atoms with Gasteiger partial charge in [0.1, 0.15) is 5.82 Å². The number of hydrogen-bond donors (Lipinski definition) is 0. The summed E-state index contributed by atoms with van der Waals surface area (Å²) in [4.78, 5) is 17.0. The number of hydroxylamine groups is 2. The van der Waals surface area contributed by atoms with Crippen LogP contribution in [0, 0.1) is 12.7 Å². The molecular formula is C16H14FNO2S. The van der Waals surface area contributed by atoms with E-state index >= 15 is 0 Å². The van der Waals surface area contributed by atoms with Crippen LogP contribution >= 0.6 is 11.3 Å². The number of thiophene rings is 1. The van der Waals surface area contributed by atoms with Gasteiger partial charge in [0.15, 0.2) is 0 Å². The first-order valence-corrected chi connectivity index (χ1v) is 7.27. The van der Waals surface area contributed by atoms with Crippen molar-refractivity contribution >= 4 is 37.4 Å². The smallest absolute Gasteiger partial charge is 0.274 e. The van der Waals surface area contributed by atoms with Crippen LogP contribution < -0.4 is 0 Å².